The first-order valence-electron chi connectivity index (χ1n) is 9.11. The molecule has 2 aromatic rings. The number of carbonyl (C=O) groups excluding carboxylic acids is 2. The largest absolute Gasteiger partial charge is 0.444 e. The number of hydrogen-bond acceptors (Lipinski definition) is 3. The summed E-state index contributed by atoms with van der Waals surface area (Å²) in [7, 11) is 0. The van der Waals surface area contributed by atoms with Gasteiger partial charge in [-0.1, -0.05) is 41.1 Å². The fourth-order valence-corrected chi connectivity index (χ4v) is 3.61. The molecule has 0 radical (unpaired) electrons. The Hall–Kier alpha value is -2.08. The van der Waals surface area contributed by atoms with E-state index < -0.39 is 5.60 Å². The number of halogens is 1. The number of likely N-dealkylation sites (tertiary alicyclic amines) is 1. The molecule has 0 spiro atoms. The van der Waals surface area contributed by atoms with E-state index in [1.54, 1.807) is 4.90 Å². The first-order valence-corrected chi connectivity index (χ1v) is 9.90. The number of fused-ring (bicyclic) bond motifs is 1. The van der Waals surface area contributed by atoms with Crippen LogP contribution in [0.2, 0.25) is 0 Å². The van der Waals surface area contributed by atoms with Crippen LogP contribution in [-0.4, -0.2) is 35.6 Å². The van der Waals surface area contributed by atoms with Crippen molar-refractivity contribution in [3.05, 3.63) is 40.9 Å². The van der Waals surface area contributed by atoms with Crippen molar-refractivity contribution in [2.45, 2.75) is 33.3 Å². The standard InChI is InChI=1S/C21H25BrN2O3/c1-13(15-11-24(12-15)20(26)27-21(2,3)4)19(25)23-16-8-9-17-14(10-16)6-5-7-18(17)22/h5-10,13,15H,11-12H2,1-4H3,(H,23,25). The summed E-state index contributed by atoms with van der Waals surface area (Å²) in [6.45, 7) is 8.55. The minimum atomic E-state index is -0.504. The molecule has 1 atom stereocenters. The second kappa shape index (κ2) is 7.50. The summed E-state index contributed by atoms with van der Waals surface area (Å²) < 4.78 is 6.39. The second-order valence-electron chi connectivity index (χ2n) is 8.10. The zero-order chi connectivity index (χ0) is 19.8. The Balaban J connectivity index is 1.57. The van der Waals surface area contributed by atoms with Crippen LogP contribution in [0, 0.1) is 11.8 Å². The number of nitrogens with one attached hydrogen (secondary N) is 1. The molecule has 2 amide bonds. The topological polar surface area (TPSA) is 58.6 Å². The van der Waals surface area contributed by atoms with Gasteiger partial charge in [0.2, 0.25) is 5.91 Å². The summed E-state index contributed by atoms with van der Waals surface area (Å²) in [4.78, 5) is 26.3. The van der Waals surface area contributed by atoms with Crippen molar-refractivity contribution < 1.29 is 14.3 Å². The maximum absolute atomic E-state index is 12.6. The number of carbonyl (C=O) groups is 2. The van der Waals surface area contributed by atoms with E-state index in [2.05, 4.69) is 21.2 Å². The Bertz CT molecular complexity index is 869. The van der Waals surface area contributed by atoms with Crippen LogP contribution in [0.15, 0.2) is 40.9 Å². The Morgan fingerprint density at radius 2 is 1.93 bits per heavy atom. The highest BCUT2D eigenvalue weighted by Crippen LogP contribution is 2.29. The van der Waals surface area contributed by atoms with Gasteiger partial charge in [0.05, 0.1) is 0 Å². The maximum atomic E-state index is 12.6. The third kappa shape index (κ3) is 4.61. The molecule has 1 aliphatic heterocycles. The van der Waals surface area contributed by atoms with E-state index in [9.17, 15) is 9.59 Å². The van der Waals surface area contributed by atoms with Crippen molar-refractivity contribution in [3.63, 3.8) is 0 Å². The van der Waals surface area contributed by atoms with Gasteiger partial charge < -0.3 is 15.0 Å². The lowest BCUT2D eigenvalue weighted by Gasteiger charge is -2.42. The van der Waals surface area contributed by atoms with Crippen molar-refractivity contribution in [2.24, 2.45) is 11.8 Å². The van der Waals surface area contributed by atoms with Crippen LogP contribution in [-0.2, 0) is 9.53 Å². The molecule has 1 unspecified atom stereocenters. The van der Waals surface area contributed by atoms with Gasteiger partial charge in [-0.15, -0.1) is 0 Å². The van der Waals surface area contributed by atoms with Crippen molar-refractivity contribution >= 4 is 44.4 Å². The Kier molecular flexibility index (Phi) is 5.47. The molecular weight excluding hydrogens is 408 g/mol. The fraction of sp³-hybridized carbons (Fsp3) is 0.429. The van der Waals surface area contributed by atoms with E-state index >= 15 is 0 Å². The lowest BCUT2D eigenvalue weighted by atomic mass is 9.86. The van der Waals surface area contributed by atoms with Crippen LogP contribution in [0.3, 0.4) is 0 Å². The number of amides is 2. The molecule has 1 aliphatic rings. The lowest BCUT2D eigenvalue weighted by Crippen LogP contribution is -2.55. The summed E-state index contributed by atoms with van der Waals surface area (Å²) in [5.74, 6) is -0.0628. The molecule has 6 heteroatoms. The van der Waals surface area contributed by atoms with Crippen LogP contribution in [0.1, 0.15) is 27.7 Å². The van der Waals surface area contributed by atoms with Gasteiger partial charge in [0.1, 0.15) is 5.60 Å². The van der Waals surface area contributed by atoms with Crippen molar-refractivity contribution in [1.82, 2.24) is 4.90 Å². The Morgan fingerprint density at radius 1 is 1.22 bits per heavy atom. The highest BCUT2D eigenvalue weighted by Gasteiger charge is 2.38. The fourth-order valence-electron chi connectivity index (χ4n) is 3.10. The first kappa shape index (κ1) is 19.7. The van der Waals surface area contributed by atoms with E-state index in [1.807, 2.05) is 64.1 Å². The van der Waals surface area contributed by atoms with E-state index in [0.717, 1.165) is 20.9 Å². The molecule has 0 aromatic heterocycles. The molecule has 2 aromatic carbocycles. The van der Waals surface area contributed by atoms with E-state index in [4.69, 9.17) is 4.74 Å². The molecule has 144 valence electrons. The lowest BCUT2D eigenvalue weighted by molar-refractivity contribution is -0.123. The summed E-state index contributed by atoms with van der Waals surface area (Å²) >= 11 is 3.54. The van der Waals surface area contributed by atoms with Crippen LogP contribution in [0.25, 0.3) is 10.8 Å². The molecular formula is C21H25BrN2O3. The number of anilines is 1. The van der Waals surface area contributed by atoms with E-state index in [-0.39, 0.29) is 23.8 Å². The highest BCUT2D eigenvalue weighted by molar-refractivity contribution is 9.10. The molecule has 27 heavy (non-hydrogen) atoms. The molecule has 3 rings (SSSR count). The molecule has 0 saturated carbocycles. The first-order chi connectivity index (χ1) is 12.6. The van der Waals surface area contributed by atoms with Gasteiger partial charge in [0.15, 0.2) is 0 Å². The van der Waals surface area contributed by atoms with Gasteiger partial charge in [0, 0.05) is 35.1 Å². The summed E-state index contributed by atoms with van der Waals surface area (Å²) in [6.07, 6.45) is -0.313. The number of nitrogens with zero attached hydrogens (tertiary/aromatic N) is 1. The average molecular weight is 433 g/mol. The molecule has 1 saturated heterocycles. The summed E-state index contributed by atoms with van der Waals surface area (Å²) in [5.41, 5.74) is 0.275. The third-order valence-electron chi connectivity index (χ3n) is 4.78. The predicted molar refractivity (Wildman–Crippen MR) is 111 cm³/mol. The molecule has 5 nitrogen and oxygen atoms in total. The normalized spacial score (nSPS) is 16.0. The summed E-state index contributed by atoms with van der Waals surface area (Å²) in [6, 6.07) is 11.9. The zero-order valence-electron chi connectivity index (χ0n) is 16.1. The van der Waals surface area contributed by atoms with Crippen molar-refractivity contribution in [1.29, 1.82) is 0 Å². The minimum absolute atomic E-state index is 0.0295. The molecule has 0 aliphatic carbocycles. The van der Waals surface area contributed by atoms with Crippen LogP contribution in [0.4, 0.5) is 10.5 Å². The SMILES string of the molecule is CC(C(=O)Nc1ccc2c(Br)cccc2c1)C1CN(C(=O)OC(C)(C)C)C1. The number of ether oxygens (including phenoxy) is 1. The van der Waals surface area contributed by atoms with Crippen LogP contribution >= 0.6 is 15.9 Å². The third-order valence-corrected chi connectivity index (χ3v) is 5.47. The van der Waals surface area contributed by atoms with Gasteiger partial charge in [-0.05, 0) is 49.7 Å². The van der Waals surface area contributed by atoms with Crippen molar-refractivity contribution in [2.75, 3.05) is 18.4 Å². The predicted octanol–water partition coefficient (Wildman–Crippen LogP) is 5.04. The average Bonchev–Trinajstić information content (AvgIpc) is 2.51. The maximum Gasteiger partial charge on any atom is 0.410 e. The van der Waals surface area contributed by atoms with E-state index in [0.29, 0.717) is 13.1 Å². The monoisotopic (exact) mass is 432 g/mol. The van der Waals surface area contributed by atoms with Gasteiger partial charge in [0.25, 0.3) is 0 Å². The molecule has 1 heterocycles. The zero-order valence-corrected chi connectivity index (χ0v) is 17.7. The van der Waals surface area contributed by atoms with Gasteiger partial charge >= 0.3 is 6.09 Å². The molecule has 1 N–H and O–H groups in total. The van der Waals surface area contributed by atoms with Crippen molar-refractivity contribution in [3.8, 4) is 0 Å². The molecule has 0 bridgehead atoms. The Morgan fingerprint density at radius 3 is 2.59 bits per heavy atom. The highest BCUT2D eigenvalue weighted by atomic mass is 79.9. The van der Waals surface area contributed by atoms with Gasteiger partial charge in [-0.25, -0.2) is 4.79 Å². The number of rotatable bonds is 3. The van der Waals surface area contributed by atoms with Crippen LogP contribution < -0.4 is 5.32 Å². The quantitative estimate of drug-likeness (QED) is 0.738. The smallest absolute Gasteiger partial charge is 0.410 e. The number of hydrogen-bond donors (Lipinski definition) is 1. The molecule has 1 fully saturated rings. The van der Waals surface area contributed by atoms with E-state index in [1.165, 1.54) is 0 Å². The van der Waals surface area contributed by atoms with Gasteiger partial charge in [-0.2, -0.15) is 0 Å². The number of benzene rings is 2. The minimum Gasteiger partial charge on any atom is -0.444 e. The summed E-state index contributed by atoms with van der Waals surface area (Å²) in [5, 5.41) is 5.17. The van der Waals surface area contributed by atoms with Crippen LogP contribution in [0.5, 0.6) is 0 Å². The second-order valence-corrected chi connectivity index (χ2v) is 8.95. The Labute approximate surface area is 168 Å². The van der Waals surface area contributed by atoms with Gasteiger partial charge in [-0.3, -0.25) is 4.79 Å².